The van der Waals surface area contributed by atoms with E-state index in [1.165, 1.54) is 4.88 Å². The van der Waals surface area contributed by atoms with Crippen molar-refractivity contribution in [1.29, 1.82) is 5.26 Å². The number of hydrogen-bond donors (Lipinski definition) is 1. The van der Waals surface area contributed by atoms with Gasteiger partial charge in [0, 0.05) is 18.0 Å². The summed E-state index contributed by atoms with van der Waals surface area (Å²) in [6.07, 6.45) is 3.08. The molecule has 0 radical (unpaired) electrons. The molecule has 2 heterocycles. The molecule has 1 aromatic heterocycles. The van der Waals surface area contributed by atoms with Crippen LogP contribution in [0.15, 0.2) is 0 Å². The molecule has 1 atom stereocenters. The maximum atomic E-state index is 12.8. The lowest BCUT2D eigenvalue weighted by Gasteiger charge is -2.48. The molecular weight excluding hydrogens is 334 g/mol. The largest absolute Gasteiger partial charge is 0.367 e. The van der Waals surface area contributed by atoms with Crippen molar-refractivity contribution in [1.82, 2.24) is 4.90 Å². The number of rotatable bonds is 3. The maximum absolute atomic E-state index is 12.8. The Balaban J connectivity index is 1.75. The van der Waals surface area contributed by atoms with Crippen LogP contribution in [0.5, 0.6) is 0 Å². The quantitative estimate of drug-likeness (QED) is 0.897. The second kappa shape index (κ2) is 6.39. The van der Waals surface area contributed by atoms with Gasteiger partial charge < -0.3 is 10.1 Å². The van der Waals surface area contributed by atoms with E-state index in [1.807, 2.05) is 6.92 Å². The van der Waals surface area contributed by atoms with Gasteiger partial charge in [0.25, 0.3) is 0 Å². The van der Waals surface area contributed by atoms with Crippen molar-refractivity contribution >= 4 is 22.2 Å². The van der Waals surface area contributed by atoms with Crippen molar-refractivity contribution in [2.24, 2.45) is 0 Å². The number of fused-ring (bicyclic) bond motifs is 1. The van der Waals surface area contributed by atoms with Gasteiger partial charge in [0.05, 0.1) is 22.8 Å². The predicted octanol–water partition coefficient (Wildman–Crippen LogP) is 3.32. The average Bonchev–Trinajstić information content (AvgIpc) is 3.03. The molecule has 136 valence electrons. The number of amides is 1. The fraction of sp³-hybridized carbons (Fsp3) is 0.684. The first-order valence-electron chi connectivity index (χ1n) is 8.92. The smallest absolute Gasteiger partial charge is 0.242 e. The number of nitrogens with zero attached hydrogens (tertiary/aromatic N) is 2. The van der Waals surface area contributed by atoms with Crippen molar-refractivity contribution in [2.75, 3.05) is 18.4 Å². The summed E-state index contributed by atoms with van der Waals surface area (Å²) in [7, 11) is 0. The van der Waals surface area contributed by atoms with E-state index in [2.05, 4.69) is 44.0 Å². The molecule has 2 aliphatic rings. The highest BCUT2D eigenvalue weighted by Crippen LogP contribution is 2.38. The summed E-state index contributed by atoms with van der Waals surface area (Å²) in [5.41, 5.74) is 1.22. The molecule has 1 unspecified atom stereocenters. The van der Waals surface area contributed by atoms with Crippen LogP contribution >= 0.6 is 11.3 Å². The first-order valence-corrected chi connectivity index (χ1v) is 9.73. The van der Waals surface area contributed by atoms with Crippen LogP contribution in [0.1, 0.15) is 57.0 Å². The van der Waals surface area contributed by atoms with Gasteiger partial charge in [0.1, 0.15) is 11.1 Å². The Morgan fingerprint density at radius 3 is 2.52 bits per heavy atom. The third-order valence-electron chi connectivity index (χ3n) is 4.92. The van der Waals surface area contributed by atoms with Crippen molar-refractivity contribution in [3.05, 3.63) is 16.0 Å². The van der Waals surface area contributed by atoms with Crippen LogP contribution < -0.4 is 5.32 Å². The van der Waals surface area contributed by atoms with Gasteiger partial charge in [0.15, 0.2) is 0 Å². The number of nitrogens with one attached hydrogen (secondary N) is 1. The number of carbonyl (C=O) groups excluding carboxylic acids is 1. The van der Waals surface area contributed by atoms with E-state index in [-0.39, 0.29) is 23.2 Å². The number of nitriles is 1. The fourth-order valence-electron chi connectivity index (χ4n) is 4.11. The Kier molecular flexibility index (Phi) is 4.69. The van der Waals surface area contributed by atoms with E-state index in [9.17, 15) is 10.1 Å². The number of thiophene rings is 1. The highest BCUT2D eigenvalue weighted by molar-refractivity contribution is 7.16. The Hall–Kier alpha value is -1.42. The molecule has 0 saturated carbocycles. The lowest BCUT2D eigenvalue weighted by molar-refractivity contribution is -0.187. The second-order valence-electron chi connectivity index (χ2n) is 8.36. The molecule has 0 bridgehead atoms. The van der Waals surface area contributed by atoms with E-state index in [1.54, 1.807) is 11.3 Å². The molecule has 1 saturated heterocycles. The Labute approximate surface area is 154 Å². The monoisotopic (exact) mass is 361 g/mol. The number of morpholine rings is 1. The van der Waals surface area contributed by atoms with E-state index in [0.717, 1.165) is 29.8 Å². The third-order valence-corrected chi connectivity index (χ3v) is 6.12. The molecule has 1 amide bonds. The highest BCUT2D eigenvalue weighted by Gasteiger charge is 2.41. The molecule has 0 spiro atoms. The van der Waals surface area contributed by atoms with Crippen molar-refractivity contribution in [3.8, 4) is 6.07 Å². The SMILES string of the molecule is CC(C(=O)Nc1sc2c(c1C#N)CCC2)N1CC(C)(C)OC(C)(C)C1. The van der Waals surface area contributed by atoms with Gasteiger partial charge >= 0.3 is 0 Å². The molecular formula is C19H27N3O2S. The number of ether oxygens (including phenoxy) is 1. The average molecular weight is 362 g/mol. The van der Waals surface area contributed by atoms with Gasteiger partial charge in [-0.05, 0) is 59.4 Å². The minimum Gasteiger partial charge on any atom is -0.367 e. The van der Waals surface area contributed by atoms with Gasteiger partial charge in [-0.2, -0.15) is 5.26 Å². The van der Waals surface area contributed by atoms with Crippen LogP contribution in [0.3, 0.4) is 0 Å². The maximum Gasteiger partial charge on any atom is 0.242 e. The van der Waals surface area contributed by atoms with Crippen LogP contribution in [0, 0.1) is 11.3 Å². The summed E-state index contributed by atoms with van der Waals surface area (Å²) >= 11 is 1.57. The lowest BCUT2D eigenvalue weighted by atomic mass is 9.97. The number of hydrogen-bond acceptors (Lipinski definition) is 5. The third kappa shape index (κ3) is 3.74. The summed E-state index contributed by atoms with van der Waals surface area (Å²) in [6.45, 7) is 11.6. The van der Waals surface area contributed by atoms with Crippen LogP contribution in [0.2, 0.25) is 0 Å². The summed E-state index contributed by atoms with van der Waals surface area (Å²) in [5.74, 6) is -0.0510. The normalized spacial score (nSPS) is 22.9. The molecule has 1 fully saturated rings. The molecule has 1 aliphatic carbocycles. The minimum atomic E-state index is -0.293. The zero-order chi connectivity index (χ0) is 18.4. The molecule has 1 aromatic rings. The molecule has 6 heteroatoms. The first-order chi connectivity index (χ1) is 11.6. The number of anilines is 1. The standard InChI is InChI=1S/C19H27N3O2S/c1-12(22-10-18(2,3)24-19(4,5)11-22)16(23)21-17-14(9-20)13-7-6-8-15(13)25-17/h12H,6-8,10-11H2,1-5H3,(H,21,23). The second-order valence-corrected chi connectivity index (χ2v) is 9.47. The Morgan fingerprint density at radius 2 is 1.92 bits per heavy atom. The van der Waals surface area contributed by atoms with Gasteiger partial charge in [-0.3, -0.25) is 9.69 Å². The first kappa shape index (κ1) is 18.4. The summed E-state index contributed by atoms with van der Waals surface area (Å²) in [4.78, 5) is 16.3. The van der Waals surface area contributed by atoms with Gasteiger partial charge in [-0.15, -0.1) is 11.3 Å². The lowest BCUT2D eigenvalue weighted by Crippen LogP contribution is -2.61. The van der Waals surface area contributed by atoms with E-state index in [4.69, 9.17) is 4.74 Å². The Morgan fingerprint density at radius 1 is 1.28 bits per heavy atom. The predicted molar refractivity (Wildman–Crippen MR) is 100.0 cm³/mol. The molecule has 0 aromatic carbocycles. The fourth-order valence-corrected chi connectivity index (χ4v) is 5.36. The van der Waals surface area contributed by atoms with E-state index >= 15 is 0 Å². The van der Waals surface area contributed by atoms with Gasteiger partial charge in [-0.1, -0.05) is 0 Å². The molecule has 5 nitrogen and oxygen atoms in total. The van der Waals surface area contributed by atoms with Crippen LogP contribution in [0.25, 0.3) is 0 Å². The van der Waals surface area contributed by atoms with E-state index < -0.39 is 0 Å². The number of carbonyl (C=O) groups is 1. The highest BCUT2D eigenvalue weighted by atomic mass is 32.1. The van der Waals surface area contributed by atoms with Crippen molar-refractivity contribution < 1.29 is 9.53 Å². The van der Waals surface area contributed by atoms with Crippen molar-refractivity contribution in [3.63, 3.8) is 0 Å². The zero-order valence-corrected chi connectivity index (χ0v) is 16.5. The van der Waals surface area contributed by atoms with Crippen molar-refractivity contribution in [2.45, 2.75) is 71.1 Å². The number of aryl methyl sites for hydroxylation is 1. The van der Waals surface area contributed by atoms with Gasteiger partial charge in [-0.25, -0.2) is 0 Å². The molecule has 1 aliphatic heterocycles. The van der Waals surface area contributed by atoms with Crippen LogP contribution in [-0.4, -0.2) is 41.1 Å². The summed E-state index contributed by atoms with van der Waals surface area (Å²) in [5, 5.41) is 13.2. The zero-order valence-electron chi connectivity index (χ0n) is 15.7. The molecule has 3 rings (SSSR count). The molecule has 1 N–H and O–H groups in total. The van der Waals surface area contributed by atoms with Crippen LogP contribution in [-0.2, 0) is 22.4 Å². The van der Waals surface area contributed by atoms with Crippen LogP contribution in [0.4, 0.5) is 5.00 Å². The Bertz CT molecular complexity index is 714. The summed E-state index contributed by atoms with van der Waals surface area (Å²) < 4.78 is 6.10. The topological polar surface area (TPSA) is 65.4 Å². The van der Waals surface area contributed by atoms with E-state index in [0.29, 0.717) is 18.7 Å². The summed E-state index contributed by atoms with van der Waals surface area (Å²) in [6, 6.07) is 2.02. The molecule has 25 heavy (non-hydrogen) atoms. The van der Waals surface area contributed by atoms with Gasteiger partial charge in [0.2, 0.25) is 5.91 Å². The minimum absolute atomic E-state index is 0.0510.